The Morgan fingerprint density at radius 3 is 2.26 bits per heavy atom. The van der Waals surface area contributed by atoms with Crippen molar-refractivity contribution in [3.63, 3.8) is 0 Å². The molecule has 0 aromatic heterocycles. The zero-order chi connectivity index (χ0) is 22.0. The van der Waals surface area contributed by atoms with Crippen LogP contribution in [-0.2, 0) is 12.6 Å². The van der Waals surface area contributed by atoms with Gasteiger partial charge in [0.2, 0.25) is 0 Å². The molecular weight excluding hydrogens is 405 g/mol. The SMILES string of the molecule is CCN1CCN(C2c3cc(OC)ccc3CCC2Oc2ccc(C(F)(F)F)cc2)CC1. The molecule has 168 valence electrons. The Labute approximate surface area is 181 Å². The summed E-state index contributed by atoms with van der Waals surface area (Å²) in [6.45, 7) is 7.07. The van der Waals surface area contributed by atoms with E-state index >= 15 is 0 Å². The van der Waals surface area contributed by atoms with Gasteiger partial charge in [-0.3, -0.25) is 4.90 Å². The van der Waals surface area contributed by atoms with Crippen LogP contribution in [0.4, 0.5) is 13.2 Å². The van der Waals surface area contributed by atoms with E-state index in [0.717, 1.165) is 63.4 Å². The summed E-state index contributed by atoms with van der Waals surface area (Å²) < 4.78 is 50.5. The van der Waals surface area contributed by atoms with Gasteiger partial charge in [0.25, 0.3) is 0 Å². The van der Waals surface area contributed by atoms with Crippen LogP contribution in [0, 0.1) is 0 Å². The average Bonchev–Trinajstić information content (AvgIpc) is 2.78. The quantitative estimate of drug-likeness (QED) is 0.676. The van der Waals surface area contributed by atoms with Crippen LogP contribution in [0.2, 0.25) is 0 Å². The molecule has 4 rings (SSSR count). The first kappa shape index (κ1) is 22.0. The van der Waals surface area contributed by atoms with Crippen LogP contribution < -0.4 is 9.47 Å². The van der Waals surface area contributed by atoms with Crippen molar-refractivity contribution in [2.75, 3.05) is 39.8 Å². The Balaban J connectivity index is 1.61. The normalized spacial score (nSPS) is 22.7. The minimum Gasteiger partial charge on any atom is -0.497 e. The van der Waals surface area contributed by atoms with Gasteiger partial charge in [-0.25, -0.2) is 0 Å². The number of aryl methyl sites for hydroxylation is 1. The van der Waals surface area contributed by atoms with Gasteiger partial charge in [-0.05, 0) is 66.9 Å². The lowest BCUT2D eigenvalue weighted by molar-refractivity contribution is -0.137. The number of fused-ring (bicyclic) bond motifs is 1. The Hall–Kier alpha value is -2.25. The molecular formula is C24H29F3N2O2. The lowest BCUT2D eigenvalue weighted by Crippen LogP contribution is -2.51. The summed E-state index contributed by atoms with van der Waals surface area (Å²) in [7, 11) is 1.66. The van der Waals surface area contributed by atoms with Gasteiger partial charge in [0.15, 0.2) is 0 Å². The van der Waals surface area contributed by atoms with Crippen LogP contribution in [0.1, 0.15) is 36.1 Å². The first-order valence-corrected chi connectivity index (χ1v) is 10.9. The van der Waals surface area contributed by atoms with Crippen molar-refractivity contribution < 1.29 is 22.6 Å². The van der Waals surface area contributed by atoms with Gasteiger partial charge < -0.3 is 14.4 Å². The minimum atomic E-state index is -4.35. The molecule has 7 heteroatoms. The molecule has 2 unspecified atom stereocenters. The van der Waals surface area contributed by atoms with Crippen molar-refractivity contribution in [1.82, 2.24) is 9.80 Å². The van der Waals surface area contributed by atoms with Crippen molar-refractivity contribution in [3.8, 4) is 11.5 Å². The fourth-order valence-corrected chi connectivity index (χ4v) is 4.67. The van der Waals surface area contributed by atoms with Gasteiger partial charge in [-0.15, -0.1) is 0 Å². The lowest BCUT2D eigenvalue weighted by Gasteiger charge is -2.44. The molecule has 1 saturated heterocycles. The smallest absolute Gasteiger partial charge is 0.416 e. The van der Waals surface area contributed by atoms with Crippen molar-refractivity contribution in [1.29, 1.82) is 0 Å². The molecule has 4 nitrogen and oxygen atoms in total. The number of rotatable bonds is 5. The first-order valence-electron chi connectivity index (χ1n) is 10.9. The maximum atomic E-state index is 12.9. The van der Waals surface area contributed by atoms with E-state index in [-0.39, 0.29) is 12.1 Å². The average molecular weight is 435 g/mol. The molecule has 2 aromatic carbocycles. The highest BCUT2D eigenvalue weighted by Gasteiger charge is 2.37. The zero-order valence-electron chi connectivity index (χ0n) is 18.0. The maximum Gasteiger partial charge on any atom is 0.416 e. The van der Waals surface area contributed by atoms with Crippen molar-refractivity contribution in [2.45, 2.75) is 38.1 Å². The van der Waals surface area contributed by atoms with Crippen LogP contribution in [-0.4, -0.2) is 55.7 Å². The second kappa shape index (κ2) is 9.09. The predicted molar refractivity (Wildman–Crippen MR) is 114 cm³/mol. The Morgan fingerprint density at radius 2 is 1.65 bits per heavy atom. The van der Waals surface area contributed by atoms with Gasteiger partial charge in [0.05, 0.1) is 18.7 Å². The molecule has 0 saturated carbocycles. The molecule has 31 heavy (non-hydrogen) atoms. The Bertz CT molecular complexity index is 877. The first-order chi connectivity index (χ1) is 14.9. The molecule has 1 aliphatic heterocycles. The van der Waals surface area contributed by atoms with Crippen LogP contribution >= 0.6 is 0 Å². The number of halogens is 3. The molecule has 2 aromatic rings. The standard InChI is InChI=1S/C24H29F3N2O2/c1-3-28-12-14-29(15-13-28)23-21-16-20(30-2)8-4-17(21)5-11-22(23)31-19-9-6-18(7-10-19)24(25,26)27/h4,6-10,16,22-23H,3,5,11-15H2,1-2H3. The number of alkyl halides is 3. The van der Waals surface area contributed by atoms with Crippen molar-refractivity contribution >= 4 is 0 Å². The summed E-state index contributed by atoms with van der Waals surface area (Å²) in [5.74, 6) is 1.28. The summed E-state index contributed by atoms with van der Waals surface area (Å²) in [4.78, 5) is 4.88. The van der Waals surface area contributed by atoms with Crippen LogP contribution in [0.3, 0.4) is 0 Å². The van der Waals surface area contributed by atoms with E-state index < -0.39 is 11.7 Å². The third-order valence-electron chi connectivity index (χ3n) is 6.44. The molecule has 2 aliphatic rings. The lowest BCUT2D eigenvalue weighted by atomic mass is 9.84. The highest BCUT2D eigenvalue weighted by atomic mass is 19.4. The van der Waals surface area contributed by atoms with E-state index in [4.69, 9.17) is 9.47 Å². The number of nitrogens with zero attached hydrogens (tertiary/aromatic N) is 2. The molecule has 1 aliphatic carbocycles. The van der Waals surface area contributed by atoms with Crippen LogP contribution in [0.15, 0.2) is 42.5 Å². The molecule has 0 bridgehead atoms. The highest BCUT2D eigenvalue weighted by molar-refractivity contribution is 5.41. The summed E-state index contributed by atoms with van der Waals surface area (Å²) in [6, 6.07) is 11.3. The zero-order valence-corrected chi connectivity index (χ0v) is 18.0. The molecule has 0 N–H and O–H groups in total. The summed E-state index contributed by atoms with van der Waals surface area (Å²) in [5.41, 5.74) is 1.83. The third kappa shape index (κ3) is 4.83. The van der Waals surface area contributed by atoms with Crippen LogP contribution in [0.5, 0.6) is 11.5 Å². The summed E-state index contributed by atoms with van der Waals surface area (Å²) >= 11 is 0. The number of piperazine rings is 1. The number of likely N-dealkylation sites (N-methyl/N-ethyl adjacent to an activating group) is 1. The molecule has 2 atom stereocenters. The van der Waals surface area contributed by atoms with Gasteiger partial charge >= 0.3 is 6.18 Å². The number of hydrogen-bond donors (Lipinski definition) is 0. The highest BCUT2D eigenvalue weighted by Crippen LogP contribution is 2.39. The Morgan fingerprint density at radius 1 is 0.968 bits per heavy atom. The second-order valence-electron chi connectivity index (χ2n) is 8.20. The molecule has 0 radical (unpaired) electrons. The molecule has 1 fully saturated rings. The van der Waals surface area contributed by atoms with Gasteiger partial charge in [0.1, 0.15) is 17.6 Å². The summed E-state index contributed by atoms with van der Waals surface area (Å²) in [5, 5.41) is 0. The van der Waals surface area contributed by atoms with Gasteiger partial charge in [-0.1, -0.05) is 13.0 Å². The predicted octanol–water partition coefficient (Wildman–Crippen LogP) is 4.79. The van der Waals surface area contributed by atoms with Crippen molar-refractivity contribution in [2.24, 2.45) is 0 Å². The van der Waals surface area contributed by atoms with Crippen molar-refractivity contribution in [3.05, 3.63) is 59.2 Å². The Kier molecular flexibility index (Phi) is 6.44. The van der Waals surface area contributed by atoms with E-state index in [2.05, 4.69) is 28.9 Å². The minimum absolute atomic E-state index is 0.0418. The molecule has 0 amide bonds. The van der Waals surface area contributed by atoms with E-state index in [0.29, 0.717) is 5.75 Å². The van der Waals surface area contributed by atoms with E-state index in [9.17, 15) is 13.2 Å². The fourth-order valence-electron chi connectivity index (χ4n) is 4.67. The second-order valence-corrected chi connectivity index (χ2v) is 8.20. The van der Waals surface area contributed by atoms with E-state index in [1.165, 1.54) is 23.3 Å². The largest absolute Gasteiger partial charge is 0.497 e. The molecule has 1 heterocycles. The third-order valence-corrected chi connectivity index (χ3v) is 6.44. The summed E-state index contributed by atoms with van der Waals surface area (Å²) in [6.07, 6.45) is -2.79. The fraction of sp³-hybridized carbons (Fsp3) is 0.500. The molecule has 0 spiro atoms. The van der Waals surface area contributed by atoms with Gasteiger partial charge in [-0.2, -0.15) is 13.2 Å². The number of benzene rings is 2. The number of hydrogen-bond acceptors (Lipinski definition) is 4. The van der Waals surface area contributed by atoms with Crippen LogP contribution in [0.25, 0.3) is 0 Å². The van der Waals surface area contributed by atoms with Gasteiger partial charge in [0, 0.05) is 26.2 Å². The van der Waals surface area contributed by atoms with E-state index in [1.54, 1.807) is 7.11 Å². The number of methoxy groups -OCH3 is 1. The monoisotopic (exact) mass is 434 g/mol. The topological polar surface area (TPSA) is 24.9 Å². The van der Waals surface area contributed by atoms with E-state index in [1.807, 2.05) is 6.07 Å². The maximum absolute atomic E-state index is 12.9. The number of ether oxygens (including phenoxy) is 2.